The van der Waals surface area contributed by atoms with E-state index in [2.05, 4.69) is 25.3 Å². The number of aromatic nitrogens is 4. The number of nitrogens with one attached hydrogen (secondary N) is 2. The SMILES string of the molecule is CS(=O)(=O)NCCCCCCc1nn[nH]n1. The van der Waals surface area contributed by atoms with Gasteiger partial charge in [0.05, 0.1) is 6.26 Å². The minimum Gasteiger partial charge on any atom is -0.215 e. The van der Waals surface area contributed by atoms with Crippen LogP contribution in [0.15, 0.2) is 0 Å². The van der Waals surface area contributed by atoms with Gasteiger partial charge in [-0.3, -0.25) is 0 Å². The first-order chi connectivity index (χ1) is 7.58. The molecule has 8 heteroatoms. The predicted molar refractivity (Wildman–Crippen MR) is 59.2 cm³/mol. The van der Waals surface area contributed by atoms with Crippen LogP contribution in [0, 0.1) is 0 Å². The topological polar surface area (TPSA) is 101 Å². The molecule has 0 amide bonds. The van der Waals surface area contributed by atoms with Crippen LogP contribution in [-0.2, 0) is 16.4 Å². The molecular formula is C8H17N5O2S. The number of sulfonamides is 1. The van der Waals surface area contributed by atoms with Crippen molar-refractivity contribution in [3.05, 3.63) is 5.82 Å². The third kappa shape index (κ3) is 6.46. The van der Waals surface area contributed by atoms with E-state index < -0.39 is 10.0 Å². The van der Waals surface area contributed by atoms with Gasteiger partial charge in [-0.05, 0) is 12.8 Å². The fourth-order valence-corrected chi connectivity index (χ4v) is 1.82. The first kappa shape index (κ1) is 13.0. The maximum absolute atomic E-state index is 10.7. The molecule has 1 rings (SSSR count). The third-order valence-electron chi connectivity index (χ3n) is 2.08. The zero-order valence-electron chi connectivity index (χ0n) is 9.31. The van der Waals surface area contributed by atoms with Gasteiger partial charge in [0.1, 0.15) is 0 Å². The lowest BCUT2D eigenvalue weighted by Crippen LogP contribution is -2.22. The summed E-state index contributed by atoms with van der Waals surface area (Å²) in [5.74, 6) is 0.731. The largest absolute Gasteiger partial charge is 0.215 e. The summed E-state index contributed by atoms with van der Waals surface area (Å²) in [6.45, 7) is 0.515. The molecule has 7 nitrogen and oxygen atoms in total. The summed E-state index contributed by atoms with van der Waals surface area (Å²) in [6, 6.07) is 0. The number of hydrogen-bond acceptors (Lipinski definition) is 5. The molecule has 16 heavy (non-hydrogen) atoms. The molecule has 0 aromatic carbocycles. The highest BCUT2D eigenvalue weighted by Gasteiger charge is 2.00. The monoisotopic (exact) mass is 247 g/mol. The van der Waals surface area contributed by atoms with Crippen LogP contribution in [0.4, 0.5) is 0 Å². The van der Waals surface area contributed by atoms with E-state index in [0.29, 0.717) is 6.54 Å². The highest BCUT2D eigenvalue weighted by Crippen LogP contribution is 2.02. The van der Waals surface area contributed by atoms with Crippen LogP contribution in [0.3, 0.4) is 0 Å². The van der Waals surface area contributed by atoms with Crippen LogP contribution in [0.5, 0.6) is 0 Å². The molecule has 0 aliphatic carbocycles. The molecule has 0 spiro atoms. The summed E-state index contributed by atoms with van der Waals surface area (Å²) in [7, 11) is -3.03. The van der Waals surface area contributed by atoms with Crippen LogP contribution in [-0.4, -0.2) is 41.8 Å². The van der Waals surface area contributed by atoms with Gasteiger partial charge in [-0.2, -0.15) is 5.21 Å². The van der Waals surface area contributed by atoms with E-state index in [1.54, 1.807) is 0 Å². The summed E-state index contributed by atoms with van der Waals surface area (Å²) < 4.78 is 23.9. The Morgan fingerprint density at radius 1 is 1.25 bits per heavy atom. The average Bonchev–Trinajstić information content (AvgIpc) is 2.67. The van der Waals surface area contributed by atoms with E-state index in [1.807, 2.05) is 0 Å². The normalized spacial score (nSPS) is 11.8. The highest BCUT2D eigenvalue weighted by atomic mass is 32.2. The lowest BCUT2D eigenvalue weighted by molar-refractivity contribution is 0.576. The molecule has 0 atom stereocenters. The smallest absolute Gasteiger partial charge is 0.208 e. The maximum atomic E-state index is 10.7. The Labute approximate surface area is 95.1 Å². The molecule has 0 aliphatic rings. The van der Waals surface area contributed by atoms with Gasteiger partial charge in [-0.25, -0.2) is 13.1 Å². The summed E-state index contributed by atoms with van der Waals surface area (Å²) in [5, 5.41) is 13.6. The first-order valence-corrected chi connectivity index (χ1v) is 7.14. The average molecular weight is 247 g/mol. The van der Waals surface area contributed by atoms with Crippen LogP contribution < -0.4 is 4.72 Å². The Hall–Kier alpha value is -1.02. The number of H-pyrrole nitrogens is 1. The van der Waals surface area contributed by atoms with Gasteiger partial charge in [0.2, 0.25) is 10.0 Å². The molecule has 0 aliphatic heterocycles. The second kappa shape index (κ2) is 6.54. The number of nitrogens with zero attached hydrogens (tertiary/aromatic N) is 3. The van der Waals surface area contributed by atoms with E-state index in [9.17, 15) is 8.42 Å². The van der Waals surface area contributed by atoms with E-state index in [4.69, 9.17) is 0 Å². The van der Waals surface area contributed by atoms with E-state index in [0.717, 1.165) is 37.9 Å². The van der Waals surface area contributed by atoms with Gasteiger partial charge in [-0.1, -0.05) is 18.1 Å². The highest BCUT2D eigenvalue weighted by molar-refractivity contribution is 7.88. The number of rotatable bonds is 8. The zero-order chi connectivity index (χ0) is 11.9. The first-order valence-electron chi connectivity index (χ1n) is 5.25. The van der Waals surface area contributed by atoms with Crippen molar-refractivity contribution in [2.45, 2.75) is 32.1 Å². The summed E-state index contributed by atoms with van der Waals surface area (Å²) >= 11 is 0. The fourth-order valence-electron chi connectivity index (χ4n) is 1.31. The van der Waals surface area contributed by atoms with Crippen LogP contribution >= 0.6 is 0 Å². The van der Waals surface area contributed by atoms with Crippen molar-refractivity contribution < 1.29 is 8.42 Å². The Morgan fingerprint density at radius 3 is 2.62 bits per heavy atom. The van der Waals surface area contributed by atoms with E-state index in [-0.39, 0.29) is 0 Å². The second-order valence-corrected chi connectivity index (χ2v) is 5.49. The van der Waals surface area contributed by atoms with Crippen molar-refractivity contribution in [1.82, 2.24) is 25.3 Å². The minimum atomic E-state index is -3.03. The predicted octanol–water partition coefficient (Wildman–Crippen LogP) is -0.148. The summed E-state index contributed by atoms with van der Waals surface area (Å²) in [6.07, 6.45) is 5.89. The van der Waals surface area contributed by atoms with Crippen LogP contribution in [0.1, 0.15) is 31.5 Å². The molecule has 92 valence electrons. The third-order valence-corrected chi connectivity index (χ3v) is 2.81. The zero-order valence-corrected chi connectivity index (χ0v) is 10.1. The minimum absolute atomic E-state index is 0.515. The van der Waals surface area contributed by atoms with Crippen molar-refractivity contribution >= 4 is 10.0 Å². The van der Waals surface area contributed by atoms with E-state index >= 15 is 0 Å². The maximum Gasteiger partial charge on any atom is 0.208 e. The number of hydrogen-bond donors (Lipinski definition) is 2. The molecular weight excluding hydrogens is 230 g/mol. The van der Waals surface area contributed by atoms with Gasteiger partial charge < -0.3 is 0 Å². The molecule has 0 radical (unpaired) electrons. The number of tetrazole rings is 1. The molecule has 0 bridgehead atoms. The lowest BCUT2D eigenvalue weighted by atomic mass is 10.1. The van der Waals surface area contributed by atoms with Crippen molar-refractivity contribution in [3.8, 4) is 0 Å². The molecule has 2 N–H and O–H groups in total. The van der Waals surface area contributed by atoms with Crippen molar-refractivity contribution in [1.29, 1.82) is 0 Å². The molecule has 0 saturated carbocycles. The molecule has 1 aromatic rings. The number of unbranched alkanes of at least 4 members (excludes halogenated alkanes) is 3. The quantitative estimate of drug-likeness (QED) is 0.622. The summed E-state index contributed by atoms with van der Waals surface area (Å²) in [5.41, 5.74) is 0. The fraction of sp³-hybridized carbons (Fsp3) is 0.875. The van der Waals surface area contributed by atoms with Crippen molar-refractivity contribution in [2.24, 2.45) is 0 Å². The molecule has 0 fully saturated rings. The van der Waals surface area contributed by atoms with E-state index in [1.165, 1.54) is 6.26 Å². The second-order valence-electron chi connectivity index (χ2n) is 3.66. The lowest BCUT2D eigenvalue weighted by Gasteiger charge is -2.01. The molecule has 1 heterocycles. The molecule has 0 saturated heterocycles. The van der Waals surface area contributed by atoms with Gasteiger partial charge in [0, 0.05) is 13.0 Å². The Balaban J connectivity index is 1.93. The van der Waals surface area contributed by atoms with Crippen LogP contribution in [0.25, 0.3) is 0 Å². The van der Waals surface area contributed by atoms with Gasteiger partial charge in [-0.15, -0.1) is 10.2 Å². The summed E-state index contributed by atoms with van der Waals surface area (Å²) in [4.78, 5) is 0. The number of aryl methyl sites for hydroxylation is 1. The molecule has 1 aromatic heterocycles. The standard InChI is InChI=1S/C8H17N5O2S/c1-16(14,15)9-7-5-3-2-4-6-8-10-12-13-11-8/h9H,2-7H2,1H3,(H,10,11,12,13). The number of aromatic amines is 1. The Morgan fingerprint density at radius 2 is 2.00 bits per heavy atom. The molecule has 0 unspecified atom stereocenters. The van der Waals surface area contributed by atoms with Gasteiger partial charge in [0.15, 0.2) is 5.82 Å². The Bertz CT molecular complexity index is 375. The Kier molecular flexibility index (Phi) is 5.33. The van der Waals surface area contributed by atoms with Gasteiger partial charge >= 0.3 is 0 Å². The van der Waals surface area contributed by atoms with Crippen LogP contribution in [0.2, 0.25) is 0 Å². The van der Waals surface area contributed by atoms with Crippen molar-refractivity contribution in [2.75, 3.05) is 12.8 Å². The van der Waals surface area contributed by atoms with Crippen molar-refractivity contribution in [3.63, 3.8) is 0 Å². The van der Waals surface area contributed by atoms with Gasteiger partial charge in [0.25, 0.3) is 0 Å².